The number of hydrogen-bond acceptors (Lipinski definition) is 3. The van der Waals surface area contributed by atoms with Gasteiger partial charge in [-0.1, -0.05) is 42.5 Å². The zero-order valence-electron chi connectivity index (χ0n) is 9.31. The van der Waals surface area contributed by atoms with Crippen LogP contribution in [0.1, 0.15) is 0 Å². The SMILES string of the molecule is O=c1c(O)c(-c2ccccc2)oc2ccc#cc12. The van der Waals surface area contributed by atoms with Crippen LogP contribution >= 0.6 is 0 Å². The van der Waals surface area contributed by atoms with Gasteiger partial charge in [-0.25, -0.2) is 0 Å². The summed E-state index contributed by atoms with van der Waals surface area (Å²) in [4.78, 5) is 12.0. The van der Waals surface area contributed by atoms with E-state index in [1.165, 1.54) is 0 Å². The van der Waals surface area contributed by atoms with Gasteiger partial charge < -0.3 is 9.52 Å². The van der Waals surface area contributed by atoms with Crippen molar-refractivity contribution in [2.24, 2.45) is 0 Å². The van der Waals surface area contributed by atoms with Crippen molar-refractivity contribution in [1.82, 2.24) is 0 Å². The monoisotopic (exact) mass is 236 g/mol. The molecule has 0 unspecified atom stereocenters. The fourth-order valence-corrected chi connectivity index (χ4v) is 1.79. The molecule has 0 saturated carbocycles. The van der Waals surface area contributed by atoms with Crippen molar-refractivity contribution in [2.45, 2.75) is 0 Å². The molecule has 86 valence electrons. The largest absolute Gasteiger partial charge is 0.501 e. The van der Waals surface area contributed by atoms with Gasteiger partial charge in [0.15, 0.2) is 5.76 Å². The summed E-state index contributed by atoms with van der Waals surface area (Å²) in [6.45, 7) is 0. The van der Waals surface area contributed by atoms with Crippen LogP contribution in [-0.2, 0) is 0 Å². The lowest BCUT2D eigenvalue weighted by molar-refractivity contribution is 0.449. The van der Waals surface area contributed by atoms with E-state index >= 15 is 0 Å². The van der Waals surface area contributed by atoms with E-state index in [4.69, 9.17) is 4.42 Å². The van der Waals surface area contributed by atoms with E-state index in [0.29, 0.717) is 11.1 Å². The molecule has 0 aliphatic rings. The predicted molar refractivity (Wildman–Crippen MR) is 67.3 cm³/mol. The molecule has 0 radical (unpaired) electrons. The molecule has 0 spiro atoms. The first-order valence-electron chi connectivity index (χ1n) is 5.41. The normalized spacial score (nSPS) is 10.2. The molecule has 0 aliphatic heterocycles. The Morgan fingerprint density at radius 3 is 2.67 bits per heavy atom. The van der Waals surface area contributed by atoms with Gasteiger partial charge in [0, 0.05) is 5.56 Å². The zero-order valence-corrected chi connectivity index (χ0v) is 9.31. The van der Waals surface area contributed by atoms with Gasteiger partial charge in [0.1, 0.15) is 11.0 Å². The highest BCUT2D eigenvalue weighted by atomic mass is 16.4. The van der Waals surface area contributed by atoms with Crippen molar-refractivity contribution in [3.05, 3.63) is 64.8 Å². The molecule has 1 aromatic heterocycles. The summed E-state index contributed by atoms with van der Waals surface area (Å²) in [6, 6.07) is 17.5. The molecular weight excluding hydrogens is 228 g/mol. The Morgan fingerprint density at radius 1 is 1.11 bits per heavy atom. The third-order valence-corrected chi connectivity index (χ3v) is 2.67. The van der Waals surface area contributed by atoms with Crippen LogP contribution in [0.15, 0.2) is 51.7 Å². The molecule has 3 rings (SSSR count). The summed E-state index contributed by atoms with van der Waals surface area (Å²) in [7, 11) is 0. The minimum Gasteiger partial charge on any atom is -0.501 e. The quantitative estimate of drug-likeness (QED) is 0.706. The van der Waals surface area contributed by atoms with E-state index in [2.05, 4.69) is 12.1 Å². The Bertz CT molecular complexity index is 758. The topological polar surface area (TPSA) is 50.4 Å². The Hall–Kier alpha value is -2.73. The molecule has 3 aromatic rings. The van der Waals surface area contributed by atoms with E-state index in [9.17, 15) is 9.90 Å². The second kappa shape index (κ2) is 3.94. The summed E-state index contributed by atoms with van der Waals surface area (Å²) >= 11 is 0. The summed E-state index contributed by atoms with van der Waals surface area (Å²) < 4.78 is 5.56. The van der Waals surface area contributed by atoms with Gasteiger partial charge in [-0.2, -0.15) is 0 Å². The van der Waals surface area contributed by atoms with Crippen molar-refractivity contribution >= 4 is 11.0 Å². The molecule has 2 aromatic carbocycles. The lowest BCUT2D eigenvalue weighted by Gasteiger charge is -2.04. The van der Waals surface area contributed by atoms with E-state index in [-0.39, 0.29) is 11.1 Å². The Labute approximate surface area is 103 Å². The summed E-state index contributed by atoms with van der Waals surface area (Å²) in [5, 5.41) is 10.1. The number of aromatic hydroxyl groups is 1. The molecule has 3 heteroatoms. The van der Waals surface area contributed by atoms with Crippen LogP contribution in [0.4, 0.5) is 0 Å². The maximum atomic E-state index is 12.0. The molecule has 3 nitrogen and oxygen atoms in total. The van der Waals surface area contributed by atoms with Crippen LogP contribution in [0, 0.1) is 12.1 Å². The van der Waals surface area contributed by atoms with Gasteiger partial charge in [-0.3, -0.25) is 4.79 Å². The number of hydrogen-bond donors (Lipinski definition) is 1. The van der Waals surface area contributed by atoms with Gasteiger partial charge >= 0.3 is 0 Å². The van der Waals surface area contributed by atoms with Crippen LogP contribution in [0.5, 0.6) is 5.75 Å². The molecule has 18 heavy (non-hydrogen) atoms. The Kier molecular flexibility index (Phi) is 2.28. The highest BCUT2D eigenvalue weighted by Crippen LogP contribution is 2.28. The van der Waals surface area contributed by atoms with Crippen LogP contribution in [0.25, 0.3) is 22.3 Å². The van der Waals surface area contributed by atoms with Crippen molar-refractivity contribution in [3.8, 4) is 17.1 Å². The molecule has 1 heterocycles. The Morgan fingerprint density at radius 2 is 1.89 bits per heavy atom. The molecule has 0 fully saturated rings. The van der Waals surface area contributed by atoms with E-state index < -0.39 is 11.2 Å². The number of benzene rings is 1. The molecule has 0 atom stereocenters. The summed E-state index contributed by atoms with van der Waals surface area (Å²) in [5.74, 6) is -0.225. The summed E-state index contributed by atoms with van der Waals surface area (Å²) in [6.07, 6.45) is 0. The standard InChI is InChI=1S/C15H8O3/c16-13-11-8-4-5-9-12(11)18-15(14(13)17)10-6-2-1-3-7-10/h1-3,5-7,9,17H. The molecule has 0 amide bonds. The third kappa shape index (κ3) is 1.52. The van der Waals surface area contributed by atoms with Gasteiger partial charge in [0.2, 0.25) is 11.2 Å². The second-order valence-corrected chi connectivity index (χ2v) is 3.82. The second-order valence-electron chi connectivity index (χ2n) is 3.82. The third-order valence-electron chi connectivity index (χ3n) is 2.67. The fourth-order valence-electron chi connectivity index (χ4n) is 1.79. The maximum absolute atomic E-state index is 12.0. The first-order valence-corrected chi connectivity index (χ1v) is 5.41. The van der Waals surface area contributed by atoms with Crippen LogP contribution < -0.4 is 5.43 Å². The first-order chi connectivity index (χ1) is 8.77. The average molecular weight is 236 g/mol. The lowest BCUT2D eigenvalue weighted by Crippen LogP contribution is -2.01. The molecule has 0 bridgehead atoms. The van der Waals surface area contributed by atoms with E-state index in [0.717, 1.165) is 0 Å². The van der Waals surface area contributed by atoms with Gasteiger partial charge in [-0.05, 0) is 12.1 Å². The number of rotatable bonds is 1. The zero-order chi connectivity index (χ0) is 12.5. The highest BCUT2D eigenvalue weighted by Gasteiger charge is 2.14. The van der Waals surface area contributed by atoms with Crippen molar-refractivity contribution in [3.63, 3.8) is 0 Å². The van der Waals surface area contributed by atoms with Gasteiger partial charge in [-0.15, -0.1) is 0 Å². The Balaban J connectivity index is 2.38. The molecule has 0 aliphatic carbocycles. The van der Waals surface area contributed by atoms with Crippen LogP contribution in [-0.4, -0.2) is 5.11 Å². The molecule has 0 saturated heterocycles. The van der Waals surface area contributed by atoms with Gasteiger partial charge in [0.05, 0.1) is 0 Å². The smallest absolute Gasteiger partial charge is 0.243 e. The average Bonchev–Trinajstić information content (AvgIpc) is 2.44. The van der Waals surface area contributed by atoms with E-state index in [1.807, 2.05) is 18.2 Å². The molecule has 1 N–H and O–H groups in total. The van der Waals surface area contributed by atoms with Crippen LogP contribution in [0.3, 0.4) is 0 Å². The minimum absolute atomic E-state index is 0.174. The fraction of sp³-hybridized carbons (Fsp3) is 0. The number of fused-ring (bicyclic) bond motifs is 1. The first kappa shape index (κ1) is 10.4. The van der Waals surface area contributed by atoms with Gasteiger partial charge in [0.25, 0.3) is 0 Å². The molecular formula is C15H8O3. The lowest BCUT2D eigenvalue weighted by atomic mass is 10.1. The summed E-state index contributed by atoms with van der Waals surface area (Å²) in [5.41, 5.74) is 0.546. The highest BCUT2D eigenvalue weighted by molar-refractivity contribution is 5.80. The van der Waals surface area contributed by atoms with Crippen molar-refractivity contribution in [2.75, 3.05) is 0 Å². The minimum atomic E-state index is -0.494. The van der Waals surface area contributed by atoms with Crippen LogP contribution in [0.2, 0.25) is 0 Å². The maximum Gasteiger partial charge on any atom is 0.243 e. The van der Waals surface area contributed by atoms with Crippen molar-refractivity contribution < 1.29 is 9.52 Å². The van der Waals surface area contributed by atoms with E-state index in [1.54, 1.807) is 24.3 Å². The van der Waals surface area contributed by atoms with Crippen molar-refractivity contribution in [1.29, 1.82) is 0 Å². The predicted octanol–water partition coefficient (Wildman–Crippen LogP) is 2.77.